The minimum Gasteiger partial charge on any atom is -0.497 e. The summed E-state index contributed by atoms with van der Waals surface area (Å²) >= 11 is 2.13. The van der Waals surface area contributed by atoms with E-state index in [9.17, 15) is 0 Å². The van der Waals surface area contributed by atoms with Gasteiger partial charge in [0.1, 0.15) is 5.76 Å². The van der Waals surface area contributed by atoms with Crippen molar-refractivity contribution in [2.24, 2.45) is 15.8 Å². The lowest BCUT2D eigenvalue weighted by molar-refractivity contribution is 0.268. The monoisotopic (exact) mass is 463 g/mol. The highest BCUT2D eigenvalue weighted by molar-refractivity contribution is 8.06. The van der Waals surface area contributed by atoms with Crippen molar-refractivity contribution in [2.75, 3.05) is 7.11 Å². The van der Waals surface area contributed by atoms with E-state index in [0.717, 1.165) is 24.1 Å². The average molecular weight is 464 g/mol. The Kier molecular flexibility index (Phi) is 6.75. The fraction of sp³-hybridized carbons (Fsp3) is 0.567. The number of benzene rings is 1. The Balaban J connectivity index is 1.56. The van der Waals surface area contributed by atoms with Crippen LogP contribution in [-0.2, 0) is 4.74 Å². The van der Waals surface area contributed by atoms with Crippen molar-refractivity contribution in [2.45, 2.75) is 92.4 Å². The van der Waals surface area contributed by atoms with Crippen molar-refractivity contribution in [3.63, 3.8) is 0 Å². The van der Waals surface area contributed by atoms with E-state index in [1.807, 2.05) is 0 Å². The van der Waals surface area contributed by atoms with Crippen LogP contribution in [-0.4, -0.2) is 12.8 Å². The molecule has 4 rings (SSSR count). The zero-order valence-electron chi connectivity index (χ0n) is 21.7. The number of allylic oxidation sites excluding steroid dienone is 4. The number of nitrogens with zero attached hydrogens (tertiary/aromatic N) is 1. The minimum absolute atomic E-state index is 0.298. The highest BCUT2D eigenvalue weighted by Gasteiger charge is 2.40. The summed E-state index contributed by atoms with van der Waals surface area (Å²) in [4.78, 5) is 8.18. The molecule has 3 heteroatoms. The smallest absolute Gasteiger partial charge is 0.118 e. The van der Waals surface area contributed by atoms with Crippen molar-refractivity contribution in [1.82, 2.24) is 0 Å². The Morgan fingerprint density at radius 2 is 1.85 bits per heavy atom. The van der Waals surface area contributed by atoms with Gasteiger partial charge in [-0.2, -0.15) is 0 Å². The molecule has 33 heavy (non-hydrogen) atoms. The average Bonchev–Trinajstić information content (AvgIpc) is 2.94. The van der Waals surface area contributed by atoms with E-state index in [1.165, 1.54) is 43.4 Å². The Morgan fingerprint density at radius 3 is 2.58 bits per heavy atom. The molecule has 0 N–H and O–H groups in total. The predicted octanol–water partition coefficient (Wildman–Crippen LogP) is 9.56. The largest absolute Gasteiger partial charge is 0.497 e. The summed E-state index contributed by atoms with van der Waals surface area (Å²) < 4.78 is 5.35. The van der Waals surface area contributed by atoms with Gasteiger partial charge in [0, 0.05) is 11.3 Å². The van der Waals surface area contributed by atoms with E-state index in [0.29, 0.717) is 22.5 Å². The van der Waals surface area contributed by atoms with Crippen LogP contribution in [0, 0.1) is 10.8 Å². The molecule has 3 aliphatic rings. The van der Waals surface area contributed by atoms with Crippen LogP contribution in [0.3, 0.4) is 0 Å². The summed E-state index contributed by atoms with van der Waals surface area (Å²) in [6, 6.07) is 6.54. The van der Waals surface area contributed by atoms with Gasteiger partial charge in [-0.25, -0.2) is 0 Å². The number of methoxy groups -OCH3 is 1. The van der Waals surface area contributed by atoms with Gasteiger partial charge in [0.05, 0.1) is 12.8 Å². The first kappa shape index (κ1) is 24.4. The molecule has 1 aromatic rings. The molecule has 2 heterocycles. The standard InChI is InChI=1S/C30H41NOS/c1-19-9-13-25-28(30(6,7)16-15-29(25,4)5)33-27(19)14-11-23-17-20(2)31-26-18-22(21(3)32-8)10-12-24(23)26/h10,12,18,23H,3,9,11,13-17H2,1-2,4-8H3. The van der Waals surface area contributed by atoms with Crippen LogP contribution in [0.1, 0.15) is 104 Å². The van der Waals surface area contributed by atoms with E-state index in [4.69, 9.17) is 9.73 Å². The van der Waals surface area contributed by atoms with E-state index in [1.54, 1.807) is 28.1 Å². The van der Waals surface area contributed by atoms with Gasteiger partial charge in [0.2, 0.25) is 0 Å². The maximum atomic E-state index is 5.35. The molecule has 1 unspecified atom stereocenters. The third-order valence-electron chi connectivity index (χ3n) is 8.14. The number of fused-ring (bicyclic) bond motifs is 1. The Labute approximate surface area is 205 Å². The van der Waals surface area contributed by atoms with Crippen molar-refractivity contribution >= 4 is 28.9 Å². The topological polar surface area (TPSA) is 21.6 Å². The lowest BCUT2D eigenvalue weighted by atomic mass is 9.66. The second kappa shape index (κ2) is 9.13. The quantitative estimate of drug-likeness (QED) is 0.405. The summed E-state index contributed by atoms with van der Waals surface area (Å²) in [5.74, 6) is 1.22. The molecule has 0 spiro atoms. The van der Waals surface area contributed by atoms with Crippen LogP contribution in [0.25, 0.3) is 5.76 Å². The lowest BCUT2D eigenvalue weighted by Crippen LogP contribution is -2.29. The molecule has 0 amide bonds. The van der Waals surface area contributed by atoms with Gasteiger partial charge < -0.3 is 4.74 Å². The van der Waals surface area contributed by atoms with Gasteiger partial charge in [-0.3, -0.25) is 4.99 Å². The highest BCUT2D eigenvalue weighted by atomic mass is 32.2. The third-order valence-corrected chi connectivity index (χ3v) is 9.95. The van der Waals surface area contributed by atoms with Crippen LogP contribution in [0.5, 0.6) is 0 Å². The van der Waals surface area contributed by atoms with E-state index < -0.39 is 0 Å². The molecule has 1 aliphatic carbocycles. The summed E-state index contributed by atoms with van der Waals surface area (Å²) in [6.07, 6.45) is 8.44. The van der Waals surface area contributed by atoms with Crippen molar-refractivity contribution in [3.05, 3.63) is 56.9 Å². The highest BCUT2D eigenvalue weighted by Crippen LogP contribution is 2.58. The zero-order chi connectivity index (χ0) is 24.0. The Morgan fingerprint density at radius 1 is 1.12 bits per heavy atom. The maximum absolute atomic E-state index is 5.35. The van der Waals surface area contributed by atoms with Gasteiger partial charge in [-0.1, -0.05) is 69.3 Å². The first-order valence-electron chi connectivity index (χ1n) is 12.5. The van der Waals surface area contributed by atoms with Gasteiger partial charge in [-0.15, -0.1) is 0 Å². The first-order valence-corrected chi connectivity index (χ1v) is 13.4. The summed E-state index contributed by atoms with van der Waals surface area (Å²) in [7, 11) is 1.68. The summed E-state index contributed by atoms with van der Waals surface area (Å²) in [5.41, 5.74) is 8.70. The number of aliphatic imine (C=N–C) groups is 1. The van der Waals surface area contributed by atoms with Gasteiger partial charge in [0.25, 0.3) is 0 Å². The lowest BCUT2D eigenvalue weighted by Gasteiger charge is -2.43. The fourth-order valence-electron chi connectivity index (χ4n) is 5.74. The Hall–Kier alpha value is -1.74. The predicted molar refractivity (Wildman–Crippen MR) is 145 cm³/mol. The number of hydrogen-bond acceptors (Lipinski definition) is 3. The fourth-order valence-corrected chi connectivity index (χ4v) is 7.36. The maximum Gasteiger partial charge on any atom is 0.118 e. The second-order valence-corrected chi connectivity index (χ2v) is 12.7. The molecular weight excluding hydrogens is 422 g/mol. The van der Waals surface area contributed by atoms with Gasteiger partial charge in [0.15, 0.2) is 0 Å². The zero-order valence-corrected chi connectivity index (χ0v) is 22.5. The SMILES string of the molecule is C=C(OC)c1ccc2c(c1)N=C(C)CC2CCC1=C(C)CCC2=C(S1)C(C)(C)CCC2(C)C. The number of hydrogen-bond donors (Lipinski definition) is 0. The molecule has 1 aromatic carbocycles. The normalized spacial score (nSPS) is 24.0. The van der Waals surface area contributed by atoms with Crippen molar-refractivity contribution < 1.29 is 4.74 Å². The third kappa shape index (κ3) is 4.90. The van der Waals surface area contributed by atoms with Crippen molar-refractivity contribution in [1.29, 1.82) is 0 Å². The van der Waals surface area contributed by atoms with Crippen molar-refractivity contribution in [3.8, 4) is 0 Å². The molecule has 0 aromatic heterocycles. The number of thioether (sulfide) groups is 1. The molecule has 0 radical (unpaired) electrons. The number of ether oxygens (including phenoxy) is 1. The van der Waals surface area contributed by atoms with Gasteiger partial charge in [-0.05, 0) is 97.0 Å². The molecule has 2 nitrogen and oxygen atoms in total. The van der Waals surface area contributed by atoms with Gasteiger partial charge >= 0.3 is 0 Å². The molecule has 2 aliphatic heterocycles. The molecule has 0 fully saturated rings. The second-order valence-electron chi connectivity index (χ2n) is 11.6. The molecular formula is C30H41NOS. The molecule has 0 saturated heterocycles. The molecule has 0 saturated carbocycles. The molecule has 178 valence electrons. The summed E-state index contributed by atoms with van der Waals surface area (Å²) in [5, 5.41) is 0. The first-order chi connectivity index (χ1) is 15.5. The summed E-state index contributed by atoms with van der Waals surface area (Å²) in [6.45, 7) is 18.4. The van der Waals surface area contributed by atoms with Crippen LogP contribution >= 0.6 is 11.8 Å². The van der Waals surface area contributed by atoms with Crippen LogP contribution in [0.2, 0.25) is 0 Å². The minimum atomic E-state index is 0.298. The van der Waals surface area contributed by atoms with Crippen LogP contribution in [0.4, 0.5) is 5.69 Å². The Bertz CT molecular complexity index is 1050. The van der Waals surface area contributed by atoms with Crippen LogP contribution in [0.15, 0.2) is 50.7 Å². The van der Waals surface area contributed by atoms with E-state index in [-0.39, 0.29) is 0 Å². The molecule has 0 bridgehead atoms. The number of rotatable bonds is 5. The van der Waals surface area contributed by atoms with Crippen LogP contribution < -0.4 is 0 Å². The van der Waals surface area contributed by atoms with E-state index in [2.05, 4.69) is 78.1 Å². The molecule has 1 atom stereocenters. The van der Waals surface area contributed by atoms with E-state index >= 15 is 0 Å².